The number of carbonyl (C=O) groups is 1. The number of hydrogen-bond acceptors (Lipinski definition) is 4. The van der Waals surface area contributed by atoms with Crippen LogP contribution in [0.15, 0.2) is 4.99 Å². The maximum atomic E-state index is 10.8. The summed E-state index contributed by atoms with van der Waals surface area (Å²) in [7, 11) is 1.39. The van der Waals surface area contributed by atoms with Gasteiger partial charge in [0.25, 0.3) is 0 Å². The molecule has 0 saturated heterocycles. The summed E-state index contributed by atoms with van der Waals surface area (Å²) < 4.78 is 4.52. The molecular weight excluding hydrogens is 144 g/mol. The van der Waals surface area contributed by atoms with Gasteiger partial charge >= 0.3 is 5.97 Å². The quantitative estimate of drug-likeness (QED) is 0.524. The highest BCUT2D eigenvalue weighted by atomic mass is 16.5. The third kappa shape index (κ3) is 1.93. The topological polar surface area (TPSA) is 41.9 Å². The van der Waals surface area contributed by atoms with E-state index in [-0.39, 0.29) is 5.97 Å². The molecule has 0 saturated carbocycles. The molecule has 1 aliphatic heterocycles. The van der Waals surface area contributed by atoms with Crippen molar-refractivity contribution in [2.75, 3.05) is 26.7 Å². The van der Waals surface area contributed by atoms with E-state index in [0.717, 1.165) is 18.9 Å². The first-order chi connectivity index (χ1) is 5.24. The molecule has 1 aliphatic rings. The van der Waals surface area contributed by atoms with Crippen molar-refractivity contribution < 1.29 is 9.53 Å². The minimum atomic E-state index is -0.207. The molecule has 0 spiro atoms. The summed E-state index contributed by atoms with van der Waals surface area (Å²) in [6, 6.07) is 0. The Labute approximate surface area is 65.9 Å². The zero-order valence-corrected chi connectivity index (χ0v) is 6.83. The van der Waals surface area contributed by atoms with Crippen LogP contribution in [0.25, 0.3) is 0 Å². The van der Waals surface area contributed by atoms with Crippen molar-refractivity contribution in [1.29, 1.82) is 0 Å². The number of hydrogen-bond donors (Lipinski definition) is 0. The molecule has 0 fully saturated rings. The van der Waals surface area contributed by atoms with Crippen LogP contribution in [0.1, 0.15) is 6.92 Å². The Morgan fingerprint density at radius 1 is 1.82 bits per heavy atom. The van der Waals surface area contributed by atoms with Crippen LogP contribution in [0, 0.1) is 0 Å². The molecule has 0 bridgehead atoms. The second kappa shape index (κ2) is 3.37. The number of carbonyl (C=O) groups excluding carboxylic acids is 1. The predicted molar refractivity (Wildman–Crippen MR) is 41.6 cm³/mol. The van der Waals surface area contributed by atoms with E-state index >= 15 is 0 Å². The average molecular weight is 156 g/mol. The molecule has 4 heteroatoms. The Morgan fingerprint density at radius 3 is 3.00 bits per heavy atom. The first-order valence-corrected chi connectivity index (χ1v) is 3.57. The zero-order valence-electron chi connectivity index (χ0n) is 6.83. The van der Waals surface area contributed by atoms with Gasteiger partial charge in [-0.3, -0.25) is 9.79 Å². The van der Waals surface area contributed by atoms with Crippen LogP contribution < -0.4 is 0 Å². The molecule has 1 heterocycles. The largest absolute Gasteiger partial charge is 0.468 e. The highest BCUT2D eigenvalue weighted by Crippen LogP contribution is 2.00. The predicted octanol–water partition coefficient (Wildman–Crippen LogP) is -0.107. The summed E-state index contributed by atoms with van der Waals surface area (Å²) in [5.74, 6) is 0.719. The molecule has 0 unspecified atom stereocenters. The minimum Gasteiger partial charge on any atom is -0.468 e. The van der Waals surface area contributed by atoms with Gasteiger partial charge in [-0.05, 0) is 6.92 Å². The molecule has 4 nitrogen and oxygen atoms in total. The van der Waals surface area contributed by atoms with E-state index < -0.39 is 0 Å². The Morgan fingerprint density at radius 2 is 2.55 bits per heavy atom. The average Bonchev–Trinajstić information content (AvgIpc) is 2.37. The number of rotatable bonds is 2. The highest BCUT2D eigenvalue weighted by Gasteiger charge is 2.15. The molecule has 0 aromatic carbocycles. The number of amidine groups is 1. The third-order valence-corrected chi connectivity index (χ3v) is 1.72. The van der Waals surface area contributed by atoms with Crippen LogP contribution in [0.4, 0.5) is 0 Å². The van der Waals surface area contributed by atoms with Gasteiger partial charge in [0.2, 0.25) is 0 Å². The molecule has 0 amide bonds. The highest BCUT2D eigenvalue weighted by molar-refractivity contribution is 5.85. The number of ether oxygens (including phenoxy) is 1. The lowest BCUT2D eigenvalue weighted by Gasteiger charge is -2.15. The molecule has 0 aliphatic carbocycles. The first-order valence-electron chi connectivity index (χ1n) is 3.57. The fraction of sp³-hybridized carbons (Fsp3) is 0.714. The number of aliphatic imine (C=N–C) groups is 1. The van der Waals surface area contributed by atoms with Crippen molar-refractivity contribution in [3.8, 4) is 0 Å². The summed E-state index contributed by atoms with van der Waals surface area (Å²) in [4.78, 5) is 16.8. The SMILES string of the molecule is COC(=O)CN1CCN=C1C. The normalized spacial score (nSPS) is 16.5. The maximum Gasteiger partial charge on any atom is 0.325 e. The lowest BCUT2D eigenvalue weighted by molar-refractivity contribution is -0.140. The minimum absolute atomic E-state index is 0.207. The van der Waals surface area contributed by atoms with Crippen LogP contribution in [0.5, 0.6) is 0 Å². The smallest absolute Gasteiger partial charge is 0.325 e. The van der Waals surface area contributed by atoms with E-state index in [0.29, 0.717) is 6.54 Å². The molecule has 0 aromatic rings. The summed E-state index contributed by atoms with van der Waals surface area (Å²) >= 11 is 0. The Kier molecular flexibility index (Phi) is 2.46. The van der Waals surface area contributed by atoms with Gasteiger partial charge in [0, 0.05) is 6.54 Å². The Hall–Kier alpha value is -1.06. The van der Waals surface area contributed by atoms with E-state index in [1.54, 1.807) is 0 Å². The van der Waals surface area contributed by atoms with E-state index in [9.17, 15) is 4.79 Å². The summed E-state index contributed by atoms with van der Waals surface area (Å²) in [5.41, 5.74) is 0. The van der Waals surface area contributed by atoms with E-state index in [2.05, 4.69) is 9.73 Å². The summed E-state index contributed by atoms with van der Waals surface area (Å²) in [5, 5.41) is 0. The molecule has 0 aromatic heterocycles. The van der Waals surface area contributed by atoms with Crippen LogP contribution in [-0.2, 0) is 9.53 Å². The third-order valence-electron chi connectivity index (χ3n) is 1.72. The van der Waals surface area contributed by atoms with Gasteiger partial charge in [0.15, 0.2) is 0 Å². The van der Waals surface area contributed by atoms with Gasteiger partial charge in [0.1, 0.15) is 6.54 Å². The van der Waals surface area contributed by atoms with E-state index in [1.165, 1.54) is 7.11 Å². The molecule has 11 heavy (non-hydrogen) atoms. The summed E-state index contributed by atoms with van der Waals surface area (Å²) in [6.07, 6.45) is 0. The number of nitrogens with zero attached hydrogens (tertiary/aromatic N) is 2. The van der Waals surface area contributed by atoms with Crippen LogP contribution in [0.3, 0.4) is 0 Å². The fourth-order valence-electron chi connectivity index (χ4n) is 1.01. The van der Waals surface area contributed by atoms with Crippen molar-refractivity contribution in [1.82, 2.24) is 4.90 Å². The zero-order chi connectivity index (χ0) is 8.27. The molecule has 1 rings (SSSR count). The molecule has 0 radical (unpaired) electrons. The lowest BCUT2D eigenvalue weighted by atomic mass is 10.5. The van der Waals surface area contributed by atoms with Crippen molar-refractivity contribution in [2.24, 2.45) is 4.99 Å². The van der Waals surface area contributed by atoms with Gasteiger partial charge in [0.05, 0.1) is 19.5 Å². The van der Waals surface area contributed by atoms with Crippen molar-refractivity contribution in [3.63, 3.8) is 0 Å². The first kappa shape index (κ1) is 8.04. The van der Waals surface area contributed by atoms with Crippen LogP contribution in [-0.4, -0.2) is 43.4 Å². The van der Waals surface area contributed by atoms with Crippen molar-refractivity contribution >= 4 is 11.8 Å². The standard InChI is InChI=1S/C7H12N2O2/c1-6-8-3-4-9(6)5-7(10)11-2/h3-5H2,1-2H3. The van der Waals surface area contributed by atoms with Gasteiger partial charge in [-0.25, -0.2) is 0 Å². The molecule has 0 N–H and O–H groups in total. The van der Waals surface area contributed by atoms with Gasteiger partial charge < -0.3 is 9.64 Å². The molecule has 0 atom stereocenters. The van der Waals surface area contributed by atoms with Crippen LogP contribution >= 0.6 is 0 Å². The van der Waals surface area contributed by atoms with Gasteiger partial charge in [-0.1, -0.05) is 0 Å². The lowest BCUT2D eigenvalue weighted by Crippen LogP contribution is -2.32. The Balaban J connectivity index is 2.38. The monoisotopic (exact) mass is 156 g/mol. The number of methoxy groups -OCH3 is 1. The van der Waals surface area contributed by atoms with E-state index in [4.69, 9.17) is 0 Å². The maximum absolute atomic E-state index is 10.8. The van der Waals surface area contributed by atoms with Crippen LogP contribution in [0.2, 0.25) is 0 Å². The Bertz CT molecular complexity index is 189. The van der Waals surface area contributed by atoms with Gasteiger partial charge in [-0.15, -0.1) is 0 Å². The second-order valence-corrected chi connectivity index (χ2v) is 2.43. The fourth-order valence-corrected chi connectivity index (χ4v) is 1.01. The number of esters is 1. The van der Waals surface area contributed by atoms with Crippen molar-refractivity contribution in [2.45, 2.75) is 6.92 Å². The second-order valence-electron chi connectivity index (χ2n) is 2.43. The molecule has 62 valence electrons. The van der Waals surface area contributed by atoms with Gasteiger partial charge in [-0.2, -0.15) is 0 Å². The summed E-state index contributed by atoms with van der Waals surface area (Å²) in [6.45, 7) is 3.85. The van der Waals surface area contributed by atoms with Crippen molar-refractivity contribution in [3.05, 3.63) is 0 Å². The molecular formula is C7H12N2O2. The van der Waals surface area contributed by atoms with E-state index in [1.807, 2.05) is 11.8 Å².